The molecule has 3 aliphatic rings. The van der Waals surface area contributed by atoms with Crippen molar-refractivity contribution < 1.29 is 106 Å². The summed E-state index contributed by atoms with van der Waals surface area (Å²) < 4.78 is 301. The molecule has 3 nitrogen and oxygen atoms in total. The summed E-state index contributed by atoms with van der Waals surface area (Å²) >= 11 is 0. The van der Waals surface area contributed by atoms with Gasteiger partial charge in [0.2, 0.25) is 0 Å². The first-order valence-corrected chi connectivity index (χ1v) is 10.3. The van der Waals surface area contributed by atoms with Gasteiger partial charge in [0.25, 0.3) is 17.6 Å². The van der Waals surface area contributed by atoms with E-state index in [4.69, 9.17) is 0 Å². The van der Waals surface area contributed by atoms with Crippen LogP contribution in [0, 0.1) is 0 Å². The minimum atomic E-state index is -7.14. The Hall–Kier alpha value is -2.31. The van der Waals surface area contributed by atoms with E-state index in [0.29, 0.717) is 0 Å². The number of rotatable bonds is 6. The molecule has 0 radical (unpaired) electrons. The molecular formula is C18H6BF21O3. The number of hydrogen-bond acceptors (Lipinski definition) is 3. The molecule has 0 spiro atoms. The molecule has 43 heavy (non-hydrogen) atoms. The van der Waals surface area contributed by atoms with Gasteiger partial charge in [0, 0.05) is 0 Å². The first-order chi connectivity index (χ1) is 18.7. The maximum Gasteiger partial charge on any atom is 0.647 e. The van der Waals surface area contributed by atoms with Crippen molar-refractivity contribution in [3.63, 3.8) is 0 Å². The lowest BCUT2D eigenvalue weighted by Gasteiger charge is -2.46. The molecule has 25 heteroatoms. The zero-order valence-electron chi connectivity index (χ0n) is 19.2. The molecule has 0 saturated heterocycles. The number of halogens is 21. The second-order valence-electron chi connectivity index (χ2n) is 8.89. The van der Waals surface area contributed by atoms with Gasteiger partial charge in [0.15, 0.2) is 0 Å². The van der Waals surface area contributed by atoms with E-state index in [9.17, 15) is 92.2 Å². The van der Waals surface area contributed by atoms with Crippen molar-refractivity contribution >= 4 is 7.32 Å². The standard InChI is InChI=1S/C18H6BF21O3/c20-7(21)1-4-10(26,16(35,36)13(7,29)30)41-19(42-11(27)5-2-8(22,23)14(31,32)17(11,37)38)43-12(28)6-3-9(24,25)15(33,34)18(12,39)40/h1-6H. The Morgan fingerprint density at radius 2 is 0.465 bits per heavy atom. The molecule has 0 saturated carbocycles. The fourth-order valence-electron chi connectivity index (χ4n) is 3.37. The van der Waals surface area contributed by atoms with Crippen molar-refractivity contribution in [3.05, 3.63) is 36.5 Å². The van der Waals surface area contributed by atoms with Crippen molar-refractivity contribution in [3.8, 4) is 0 Å². The highest BCUT2D eigenvalue weighted by molar-refractivity contribution is 6.37. The minimum Gasteiger partial charge on any atom is -0.345 e. The van der Waals surface area contributed by atoms with E-state index in [1.165, 1.54) is 0 Å². The van der Waals surface area contributed by atoms with Gasteiger partial charge in [-0.25, -0.2) is 13.2 Å². The van der Waals surface area contributed by atoms with Crippen LogP contribution in [0.3, 0.4) is 0 Å². The molecule has 0 N–H and O–H groups in total. The molecule has 0 aromatic carbocycles. The highest BCUT2D eigenvalue weighted by Crippen LogP contribution is 2.61. The van der Waals surface area contributed by atoms with Crippen molar-refractivity contribution in [2.24, 2.45) is 0 Å². The summed E-state index contributed by atoms with van der Waals surface area (Å²) in [4.78, 5) is 0. The van der Waals surface area contributed by atoms with Crippen LogP contribution < -0.4 is 0 Å². The zero-order chi connectivity index (χ0) is 33.9. The first kappa shape index (κ1) is 35.2. The highest BCUT2D eigenvalue weighted by atomic mass is 19.4. The van der Waals surface area contributed by atoms with Crippen LogP contribution in [0.5, 0.6) is 0 Å². The van der Waals surface area contributed by atoms with Crippen LogP contribution in [-0.2, 0) is 14.0 Å². The van der Waals surface area contributed by atoms with E-state index in [0.717, 1.165) is 0 Å². The minimum absolute atomic E-state index is 1.52. The largest absolute Gasteiger partial charge is 0.647 e. The molecule has 0 bridgehead atoms. The summed E-state index contributed by atoms with van der Waals surface area (Å²) in [5, 5.41) is 0. The van der Waals surface area contributed by atoms with Crippen LogP contribution in [0.2, 0.25) is 0 Å². The molecule has 3 aliphatic carbocycles. The lowest BCUT2D eigenvalue weighted by molar-refractivity contribution is -0.389. The van der Waals surface area contributed by atoms with Crippen molar-refractivity contribution in [2.75, 3.05) is 0 Å². The average molecular weight is 680 g/mol. The fraction of sp³-hybridized carbons (Fsp3) is 0.667. The summed E-state index contributed by atoms with van der Waals surface area (Å²) in [5.74, 6) is -79.3. The van der Waals surface area contributed by atoms with Gasteiger partial charge in [-0.2, -0.15) is 79.0 Å². The van der Waals surface area contributed by atoms with Crippen LogP contribution >= 0.6 is 0 Å². The third kappa shape index (κ3) is 4.29. The number of allylic oxidation sites excluding steroid dienone is 3. The molecule has 3 rings (SSSR count). The molecule has 0 amide bonds. The molecule has 0 aromatic heterocycles. The Morgan fingerprint density at radius 3 is 0.651 bits per heavy atom. The van der Waals surface area contributed by atoms with Gasteiger partial charge in [-0.15, -0.1) is 0 Å². The summed E-state index contributed by atoms with van der Waals surface area (Å²) in [6.45, 7) is 0. The van der Waals surface area contributed by atoms with E-state index < -0.39 is 115 Å². The predicted molar refractivity (Wildman–Crippen MR) is 92.5 cm³/mol. The quantitative estimate of drug-likeness (QED) is 0.166. The van der Waals surface area contributed by atoms with Gasteiger partial charge in [0.05, 0.1) is 0 Å². The topological polar surface area (TPSA) is 27.7 Å². The van der Waals surface area contributed by atoms with Crippen LogP contribution in [0.15, 0.2) is 36.5 Å². The number of alkyl halides is 21. The van der Waals surface area contributed by atoms with E-state index in [-0.39, 0.29) is 0 Å². The van der Waals surface area contributed by atoms with Crippen LogP contribution in [0.25, 0.3) is 0 Å². The lowest BCUT2D eigenvalue weighted by Crippen LogP contribution is -2.71. The molecule has 0 fully saturated rings. The van der Waals surface area contributed by atoms with Gasteiger partial charge in [-0.05, 0) is 36.5 Å². The van der Waals surface area contributed by atoms with Crippen molar-refractivity contribution in [1.82, 2.24) is 0 Å². The lowest BCUT2D eigenvalue weighted by atomic mass is 9.88. The van der Waals surface area contributed by atoms with Crippen LogP contribution in [0.1, 0.15) is 0 Å². The summed E-state index contributed by atoms with van der Waals surface area (Å²) in [5.41, 5.74) is 0. The molecule has 246 valence electrons. The van der Waals surface area contributed by atoms with Crippen molar-refractivity contribution in [2.45, 2.75) is 70.9 Å². The molecule has 3 unspecified atom stereocenters. The highest BCUT2D eigenvalue weighted by Gasteiger charge is 2.86. The summed E-state index contributed by atoms with van der Waals surface area (Å²) in [7, 11) is -5.21. The summed E-state index contributed by atoms with van der Waals surface area (Å²) in [6, 6.07) is 0. The van der Waals surface area contributed by atoms with Gasteiger partial charge >= 0.3 is 60.6 Å². The van der Waals surface area contributed by atoms with E-state index >= 15 is 0 Å². The third-order valence-electron chi connectivity index (χ3n) is 6.05. The predicted octanol–water partition coefficient (Wildman–Crippen LogP) is 7.45. The number of hydrogen-bond donors (Lipinski definition) is 0. The van der Waals surface area contributed by atoms with Gasteiger partial charge in [-0.3, -0.25) is 0 Å². The molecule has 0 aliphatic heterocycles. The molecule has 0 aromatic rings. The average Bonchev–Trinajstić information content (AvgIpc) is 2.82. The Bertz CT molecular complexity index is 1080. The van der Waals surface area contributed by atoms with Gasteiger partial charge in [0.1, 0.15) is 0 Å². The van der Waals surface area contributed by atoms with Gasteiger partial charge < -0.3 is 14.0 Å². The summed E-state index contributed by atoms with van der Waals surface area (Å²) in [6.07, 6.45) is -9.16. The molecule has 3 atom stereocenters. The SMILES string of the molecule is FC1(F)C=CC(F)(OB(OC2(F)C=CC(F)(F)C(F)(F)C2(F)F)OC2(F)C=CC(F)(F)C(F)(F)C2(F)F)C(F)(F)C1(F)F. The third-order valence-corrected chi connectivity index (χ3v) is 6.05. The Morgan fingerprint density at radius 1 is 0.279 bits per heavy atom. The second-order valence-corrected chi connectivity index (χ2v) is 8.89. The Kier molecular flexibility index (Phi) is 7.29. The van der Waals surface area contributed by atoms with E-state index in [1.807, 2.05) is 0 Å². The van der Waals surface area contributed by atoms with E-state index in [1.54, 1.807) is 0 Å². The maximum atomic E-state index is 14.9. The first-order valence-electron chi connectivity index (χ1n) is 10.3. The fourth-order valence-corrected chi connectivity index (χ4v) is 3.37. The van der Waals surface area contributed by atoms with Crippen LogP contribution in [-0.4, -0.2) is 78.2 Å². The maximum absolute atomic E-state index is 14.9. The van der Waals surface area contributed by atoms with Gasteiger partial charge in [-0.1, -0.05) is 0 Å². The Labute approximate surface area is 222 Å². The normalized spacial score (nSPS) is 38.4. The van der Waals surface area contributed by atoms with E-state index in [2.05, 4.69) is 14.0 Å². The molecule has 0 heterocycles. The smallest absolute Gasteiger partial charge is 0.345 e. The van der Waals surface area contributed by atoms with Crippen molar-refractivity contribution in [1.29, 1.82) is 0 Å². The zero-order valence-corrected chi connectivity index (χ0v) is 19.2. The monoisotopic (exact) mass is 680 g/mol. The van der Waals surface area contributed by atoms with Crippen LogP contribution in [0.4, 0.5) is 92.2 Å². The Balaban J connectivity index is 2.21. The second kappa shape index (κ2) is 8.91. The molecular weight excluding hydrogens is 674 g/mol.